The molecule has 0 fully saturated rings. The summed E-state index contributed by atoms with van der Waals surface area (Å²) in [7, 11) is 1.49. The van der Waals surface area contributed by atoms with Crippen molar-refractivity contribution in [2.24, 2.45) is 7.05 Å². The number of hydrogen-bond acceptors (Lipinski definition) is 4. The number of benzene rings is 1. The summed E-state index contributed by atoms with van der Waals surface area (Å²) in [5.41, 5.74) is 2.01. The van der Waals surface area contributed by atoms with E-state index < -0.39 is 5.91 Å². The molecule has 6 nitrogen and oxygen atoms in total. The summed E-state index contributed by atoms with van der Waals surface area (Å²) in [6.45, 7) is 0. The van der Waals surface area contributed by atoms with Crippen molar-refractivity contribution >= 4 is 23.3 Å². The van der Waals surface area contributed by atoms with Gasteiger partial charge in [-0.3, -0.25) is 9.59 Å². The highest BCUT2D eigenvalue weighted by molar-refractivity contribution is 6.30. The van der Waals surface area contributed by atoms with E-state index in [1.165, 1.54) is 19.2 Å². The maximum Gasteiger partial charge on any atom is 0.277 e. The average molecular weight is 355 g/mol. The smallest absolute Gasteiger partial charge is 0.277 e. The number of nitrogens with zero attached hydrogens (tertiary/aromatic N) is 3. The Balaban J connectivity index is 1.67. The van der Waals surface area contributed by atoms with Gasteiger partial charge in [0.1, 0.15) is 11.5 Å². The third kappa shape index (κ3) is 4.30. The zero-order valence-electron chi connectivity index (χ0n) is 13.4. The lowest BCUT2D eigenvalue weighted by molar-refractivity contribution is 0.101. The van der Waals surface area contributed by atoms with E-state index in [0.717, 1.165) is 22.2 Å². The lowest BCUT2D eigenvalue weighted by Crippen LogP contribution is -2.23. The van der Waals surface area contributed by atoms with Crippen LogP contribution in [0.2, 0.25) is 5.02 Å². The van der Waals surface area contributed by atoms with Crippen molar-refractivity contribution in [2.75, 3.05) is 5.32 Å². The number of aryl methyl sites for hydroxylation is 1. The molecule has 1 aromatic carbocycles. The van der Waals surface area contributed by atoms with Crippen LogP contribution in [0.3, 0.4) is 0 Å². The molecule has 2 aromatic heterocycles. The third-order valence-electron chi connectivity index (χ3n) is 3.58. The van der Waals surface area contributed by atoms with Gasteiger partial charge in [-0.2, -0.15) is 5.10 Å². The van der Waals surface area contributed by atoms with E-state index in [-0.39, 0.29) is 11.3 Å². The molecule has 0 saturated heterocycles. The van der Waals surface area contributed by atoms with E-state index >= 15 is 0 Å². The van der Waals surface area contributed by atoms with Crippen molar-refractivity contribution in [3.8, 4) is 0 Å². The Morgan fingerprint density at radius 3 is 2.44 bits per heavy atom. The van der Waals surface area contributed by atoms with Crippen molar-refractivity contribution in [3.05, 3.63) is 86.9 Å². The molecule has 0 atom stereocenters. The molecular formula is C18H15ClN4O2. The molecule has 3 aromatic rings. The molecule has 0 bridgehead atoms. The molecule has 0 radical (unpaired) electrons. The van der Waals surface area contributed by atoms with Gasteiger partial charge in [-0.1, -0.05) is 29.8 Å². The van der Waals surface area contributed by atoms with Crippen molar-refractivity contribution in [2.45, 2.75) is 6.42 Å². The zero-order chi connectivity index (χ0) is 17.8. The number of carbonyl (C=O) groups is 1. The second-order valence-electron chi connectivity index (χ2n) is 5.49. The largest absolute Gasteiger partial charge is 0.305 e. The quantitative estimate of drug-likeness (QED) is 0.781. The minimum atomic E-state index is -0.423. The maximum absolute atomic E-state index is 12.1. The van der Waals surface area contributed by atoms with Gasteiger partial charge in [-0.25, -0.2) is 9.67 Å². The van der Waals surface area contributed by atoms with Gasteiger partial charge in [-0.15, -0.1) is 0 Å². The molecule has 2 heterocycles. The Labute approximate surface area is 149 Å². The molecule has 0 spiro atoms. The molecule has 1 amide bonds. The van der Waals surface area contributed by atoms with Gasteiger partial charge in [0.05, 0.1) is 0 Å². The van der Waals surface area contributed by atoms with Crippen LogP contribution in [0, 0.1) is 0 Å². The average Bonchev–Trinajstić information content (AvgIpc) is 2.61. The van der Waals surface area contributed by atoms with Crippen LogP contribution in [-0.4, -0.2) is 20.7 Å². The normalized spacial score (nSPS) is 10.5. The number of pyridine rings is 1. The molecule has 25 heavy (non-hydrogen) atoms. The zero-order valence-corrected chi connectivity index (χ0v) is 14.2. The molecule has 0 aliphatic heterocycles. The molecule has 7 heteroatoms. The standard InChI is InChI=1S/C18H15ClN4O2/c1-23-17(24)9-7-15(22-23)18(25)21-16-8-4-13(11-20-16)10-12-2-5-14(19)6-3-12/h2-9,11H,10H2,1H3,(H,20,21,25). The van der Waals surface area contributed by atoms with Gasteiger partial charge in [0.2, 0.25) is 0 Å². The monoisotopic (exact) mass is 354 g/mol. The number of anilines is 1. The molecule has 0 unspecified atom stereocenters. The summed E-state index contributed by atoms with van der Waals surface area (Å²) in [6.07, 6.45) is 2.43. The molecule has 3 rings (SSSR count). The number of nitrogens with one attached hydrogen (secondary N) is 1. The van der Waals surface area contributed by atoms with Crippen LogP contribution in [0.5, 0.6) is 0 Å². The van der Waals surface area contributed by atoms with E-state index in [0.29, 0.717) is 10.8 Å². The van der Waals surface area contributed by atoms with Crippen molar-refractivity contribution < 1.29 is 4.79 Å². The Kier molecular flexibility index (Phi) is 4.90. The van der Waals surface area contributed by atoms with E-state index in [9.17, 15) is 9.59 Å². The highest BCUT2D eigenvalue weighted by Crippen LogP contribution is 2.14. The van der Waals surface area contributed by atoms with Gasteiger partial charge in [0.25, 0.3) is 11.5 Å². The number of amides is 1. The first-order chi connectivity index (χ1) is 12.0. The first-order valence-electron chi connectivity index (χ1n) is 7.56. The first kappa shape index (κ1) is 16.9. The van der Waals surface area contributed by atoms with Crippen molar-refractivity contribution in [1.82, 2.24) is 14.8 Å². The Morgan fingerprint density at radius 1 is 1.08 bits per heavy atom. The van der Waals surface area contributed by atoms with Crippen molar-refractivity contribution in [1.29, 1.82) is 0 Å². The highest BCUT2D eigenvalue weighted by Gasteiger charge is 2.09. The summed E-state index contributed by atoms with van der Waals surface area (Å²) in [6, 6.07) is 13.9. The third-order valence-corrected chi connectivity index (χ3v) is 3.83. The summed E-state index contributed by atoms with van der Waals surface area (Å²) in [5.74, 6) is -0.00550. The highest BCUT2D eigenvalue weighted by atomic mass is 35.5. The number of rotatable bonds is 4. The maximum atomic E-state index is 12.1. The number of carbonyl (C=O) groups excluding carboxylic acids is 1. The Morgan fingerprint density at radius 2 is 1.80 bits per heavy atom. The second-order valence-corrected chi connectivity index (χ2v) is 5.93. The van der Waals surface area contributed by atoms with E-state index in [1.54, 1.807) is 12.3 Å². The van der Waals surface area contributed by atoms with Crippen LogP contribution >= 0.6 is 11.6 Å². The Hall–Kier alpha value is -2.99. The van der Waals surface area contributed by atoms with Gasteiger partial charge in [-0.05, 0) is 41.8 Å². The summed E-state index contributed by atoms with van der Waals surface area (Å²) in [4.78, 5) is 27.7. The van der Waals surface area contributed by atoms with Crippen LogP contribution in [-0.2, 0) is 13.5 Å². The number of hydrogen-bond donors (Lipinski definition) is 1. The van der Waals surface area contributed by atoms with E-state index in [4.69, 9.17) is 11.6 Å². The van der Waals surface area contributed by atoms with Gasteiger partial charge < -0.3 is 5.32 Å². The van der Waals surface area contributed by atoms with Gasteiger partial charge in [0, 0.05) is 24.3 Å². The Bertz CT molecular complexity index is 950. The van der Waals surface area contributed by atoms with E-state index in [1.807, 2.05) is 30.3 Å². The SMILES string of the molecule is Cn1nc(C(=O)Nc2ccc(Cc3ccc(Cl)cc3)cn2)ccc1=O. The number of halogens is 1. The minimum Gasteiger partial charge on any atom is -0.305 e. The second kappa shape index (κ2) is 7.27. The van der Waals surface area contributed by atoms with Gasteiger partial charge >= 0.3 is 0 Å². The number of aromatic nitrogens is 3. The predicted molar refractivity (Wildman–Crippen MR) is 95.9 cm³/mol. The summed E-state index contributed by atoms with van der Waals surface area (Å²) < 4.78 is 1.11. The van der Waals surface area contributed by atoms with Crippen LogP contribution in [0.15, 0.2) is 59.5 Å². The first-order valence-corrected chi connectivity index (χ1v) is 7.94. The molecule has 126 valence electrons. The fraction of sp³-hybridized carbons (Fsp3) is 0.111. The van der Waals surface area contributed by atoms with Crippen LogP contribution < -0.4 is 10.9 Å². The summed E-state index contributed by atoms with van der Waals surface area (Å²) in [5, 5.41) is 7.26. The fourth-order valence-electron chi connectivity index (χ4n) is 2.24. The van der Waals surface area contributed by atoms with Crippen LogP contribution in [0.1, 0.15) is 21.6 Å². The van der Waals surface area contributed by atoms with Crippen LogP contribution in [0.4, 0.5) is 5.82 Å². The minimum absolute atomic E-state index is 0.147. The van der Waals surface area contributed by atoms with Gasteiger partial charge in [0.15, 0.2) is 0 Å². The van der Waals surface area contributed by atoms with E-state index in [2.05, 4.69) is 15.4 Å². The topological polar surface area (TPSA) is 76.9 Å². The molecular weight excluding hydrogens is 340 g/mol. The predicted octanol–water partition coefficient (Wildman–Crippen LogP) is 2.67. The molecule has 1 N–H and O–H groups in total. The molecule has 0 aliphatic rings. The molecule has 0 saturated carbocycles. The lowest BCUT2D eigenvalue weighted by Gasteiger charge is -2.06. The lowest BCUT2D eigenvalue weighted by atomic mass is 10.1. The molecule has 0 aliphatic carbocycles. The summed E-state index contributed by atoms with van der Waals surface area (Å²) >= 11 is 5.88. The van der Waals surface area contributed by atoms with Crippen LogP contribution in [0.25, 0.3) is 0 Å². The van der Waals surface area contributed by atoms with Crippen molar-refractivity contribution in [3.63, 3.8) is 0 Å². The fourth-order valence-corrected chi connectivity index (χ4v) is 2.37.